The summed E-state index contributed by atoms with van der Waals surface area (Å²) in [4.78, 5) is 14.5. The van der Waals surface area contributed by atoms with Crippen LogP contribution in [0.1, 0.15) is 54.4 Å². The van der Waals surface area contributed by atoms with Crippen molar-refractivity contribution in [1.29, 1.82) is 0 Å². The van der Waals surface area contributed by atoms with Crippen LogP contribution in [0.5, 0.6) is 5.75 Å². The summed E-state index contributed by atoms with van der Waals surface area (Å²) in [7, 11) is 0. The summed E-state index contributed by atoms with van der Waals surface area (Å²) in [5.41, 5.74) is -0.644. The third kappa shape index (κ3) is 5.29. The van der Waals surface area contributed by atoms with Gasteiger partial charge in [0.1, 0.15) is 22.8 Å². The van der Waals surface area contributed by atoms with Gasteiger partial charge < -0.3 is 19.3 Å². The van der Waals surface area contributed by atoms with E-state index in [0.29, 0.717) is 31.0 Å². The predicted octanol–water partition coefficient (Wildman–Crippen LogP) is 3.86. The molecule has 2 heterocycles. The van der Waals surface area contributed by atoms with Gasteiger partial charge in [0.25, 0.3) is 5.91 Å². The highest BCUT2D eigenvalue weighted by atomic mass is 19.4. The van der Waals surface area contributed by atoms with E-state index in [9.17, 15) is 23.1 Å². The molecule has 29 heavy (non-hydrogen) atoms. The van der Waals surface area contributed by atoms with Gasteiger partial charge in [-0.05, 0) is 38.8 Å². The SMILES string of the molecule is CC(C)(O)c1cc([C@@H]2CCCN(C(=O)c3ccccc3OCC(F)(F)F)C2)on1. The molecule has 0 saturated carbocycles. The van der Waals surface area contributed by atoms with E-state index in [1.807, 2.05) is 0 Å². The molecule has 3 rings (SSSR count). The van der Waals surface area contributed by atoms with Crippen molar-refractivity contribution < 1.29 is 32.3 Å². The van der Waals surface area contributed by atoms with Crippen molar-refractivity contribution in [2.45, 2.75) is 44.4 Å². The Kier molecular flexibility index (Phi) is 5.88. The van der Waals surface area contributed by atoms with Crippen LogP contribution in [0.3, 0.4) is 0 Å². The first-order valence-corrected chi connectivity index (χ1v) is 9.32. The Labute approximate surface area is 166 Å². The lowest BCUT2D eigenvalue weighted by molar-refractivity contribution is -0.153. The number of benzene rings is 1. The van der Waals surface area contributed by atoms with Crippen molar-refractivity contribution in [2.24, 2.45) is 0 Å². The van der Waals surface area contributed by atoms with Crippen LogP contribution in [0.25, 0.3) is 0 Å². The summed E-state index contributed by atoms with van der Waals surface area (Å²) in [5, 5.41) is 13.9. The lowest BCUT2D eigenvalue weighted by atomic mass is 9.93. The number of aromatic nitrogens is 1. The molecule has 0 unspecified atom stereocenters. The number of piperidine rings is 1. The molecule has 1 aliphatic rings. The summed E-state index contributed by atoms with van der Waals surface area (Å²) < 4.78 is 47.7. The van der Waals surface area contributed by atoms with E-state index in [-0.39, 0.29) is 17.2 Å². The maximum Gasteiger partial charge on any atom is 0.422 e. The number of ether oxygens (including phenoxy) is 1. The molecule has 1 amide bonds. The normalized spacial score (nSPS) is 18.0. The number of rotatable bonds is 5. The van der Waals surface area contributed by atoms with Gasteiger partial charge in [0, 0.05) is 25.1 Å². The van der Waals surface area contributed by atoms with Crippen LogP contribution in [-0.2, 0) is 5.60 Å². The van der Waals surface area contributed by atoms with Crippen molar-refractivity contribution in [3.8, 4) is 5.75 Å². The van der Waals surface area contributed by atoms with Gasteiger partial charge in [-0.3, -0.25) is 4.79 Å². The van der Waals surface area contributed by atoms with Crippen LogP contribution in [0, 0.1) is 0 Å². The van der Waals surface area contributed by atoms with Gasteiger partial charge in [0.15, 0.2) is 6.61 Å². The van der Waals surface area contributed by atoms with Gasteiger partial charge in [-0.2, -0.15) is 13.2 Å². The maximum atomic E-state index is 13.0. The highest BCUT2D eigenvalue weighted by molar-refractivity contribution is 5.97. The third-order valence-corrected chi connectivity index (χ3v) is 4.77. The van der Waals surface area contributed by atoms with E-state index in [0.717, 1.165) is 6.42 Å². The molecule has 1 saturated heterocycles. The van der Waals surface area contributed by atoms with Gasteiger partial charge >= 0.3 is 6.18 Å². The number of halogens is 3. The molecular formula is C20H23F3N2O4. The Bertz CT molecular complexity index is 858. The first-order valence-electron chi connectivity index (χ1n) is 9.32. The van der Waals surface area contributed by atoms with E-state index < -0.39 is 24.3 Å². The zero-order chi connectivity index (χ0) is 21.2. The molecule has 1 aromatic carbocycles. The second-order valence-corrected chi connectivity index (χ2v) is 7.66. The minimum Gasteiger partial charge on any atom is -0.483 e. The van der Waals surface area contributed by atoms with Crippen molar-refractivity contribution in [3.05, 3.63) is 47.3 Å². The van der Waals surface area contributed by atoms with Crippen molar-refractivity contribution in [1.82, 2.24) is 10.1 Å². The molecule has 0 radical (unpaired) electrons. The second kappa shape index (κ2) is 8.06. The first kappa shape index (κ1) is 21.2. The highest BCUT2D eigenvalue weighted by Gasteiger charge is 2.32. The molecule has 158 valence electrons. The zero-order valence-corrected chi connectivity index (χ0v) is 16.2. The Morgan fingerprint density at radius 2 is 2.07 bits per heavy atom. The van der Waals surface area contributed by atoms with Crippen LogP contribution in [0.4, 0.5) is 13.2 Å². The van der Waals surface area contributed by atoms with E-state index >= 15 is 0 Å². The average Bonchev–Trinajstić information content (AvgIpc) is 3.16. The number of para-hydroxylation sites is 1. The molecule has 0 bridgehead atoms. The van der Waals surface area contributed by atoms with Crippen LogP contribution in [0.15, 0.2) is 34.9 Å². The van der Waals surface area contributed by atoms with Crippen LogP contribution in [0.2, 0.25) is 0 Å². The summed E-state index contributed by atoms with van der Waals surface area (Å²) in [6, 6.07) is 7.60. The fourth-order valence-electron chi connectivity index (χ4n) is 3.26. The number of hydrogen-bond acceptors (Lipinski definition) is 5. The van der Waals surface area contributed by atoms with Gasteiger partial charge in [-0.25, -0.2) is 0 Å². The number of amides is 1. The summed E-state index contributed by atoms with van der Waals surface area (Å²) >= 11 is 0. The molecule has 0 aliphatic carbocycles. The van der Waals surface area contributed by atoms with Crippen molar-refractivity contribution in [3.63, 3.8) is 0 Å². The van der Waals surface area contributed by atoms with Crippen LogP contribution < -0.4 is 4.74 Å². The molecule has 1 N–H and O–H groups in total. The third-order valence-electron chi connectivity index (χ3n) is 4.77. The zero-order valence-electron chi connectivity index (χ0n) is 16.2. The molecule has 0 spiro atoms. The molecule has 1 aliphatic heterocycles. The van der Waals surface area contributed by atoms with Crippen LogP contribution in [-0.4, -0.2) is 46.9 Å². The fourth-order valence-corrected chi connectivity index (χ4v) is 3.26. The maximum absolute atomic E-state index is 13.0. The molecule has 9 heteroatoms. The molecule has 1 atom stereocenters. The topological polar surface area (TPSA) is 75.8 Å². The molecule has 6 nitrogen and oxygen atoms in total. The smallest absolute Gasteiger partial charge is 0.422 e. The van der Waals surface area contributed by atoms with Crippen LogP contribution >= 0.6 is 0 Å². The quantitative estimate of drug-likeness (QED) is 0.807. The Morgan fingerprint density at radius 1 is 1.34 bits per heavy atom. The largest absolute Gasteiger partial charge is 0.483 e. The Balaban J connectivity index is 1.74. The summed E-state index contributed by atoms with van der Waals surface area (Å²) in [6.45, 7) is 2.56. The molecule has 1 aromatic heterocycles. The Hall–Kier alpha value is -2.55. The number of aliphatic hydroxyl groups is 1. The molecule has 2 aromatic rings. The summed E-state index contributed by atoms with van der Waals surface area (Å²) in [6.07, 6.45) is -3.01. The van der Waals surface area contributed by atoms with Gasteiger partial charge in [0.2, 0.25) is 0 Å². The fraction of sp³-hybridized carbons (Fsp3) is 0.500. The van der Waals surface area contributed by atoms with Gasteiger partial charge in [0.05, 0.1) is 5.56 Å². The number of carbonyl (C=O) groups is 1. The second-order valence-electron chi connectivity index (χ2n) is 7.66. The van der Waals surface area contributed by atoms with Gasteiger partial charge in [-0.15, -0.1) is 0 Å². The first-order chi connectivity index (χ1) is 13.5. The lowest BCUT2D eigenvalue weighted by Gasteiger charge is -2.32. The monoisotopic (exact) mass is 412 g/mol. The minimum atomic E-state index is -4.49. The molecular weight excluding hydrogens is 389 g/mol. The van der Waals surface area contributed by atoms with E-state index in [4.69, 9.17) is 9.26 Å². The van der Waals surface area contributed by atoms with Crippen molar-refractivity contribution >= 4 is 5.91 Å². The van der Waals surface area contributed by atoms with E-state index in [1.54, 1.807) is 30.9 Å². The minimum absolute atomic E-state index is 0.0900. The van der Waals surface area contributed by atoms with E-state index in [2.05, 4.69) is 5.16 Å². The van der Waals surface area contributed by atoms with Crippen molar-refractivity contribution in [2.75, 3.05) is 19.7 Å². The lowest BCUT2D eigenvalue weighted by Crippen LogP contribution is -2.39. The van der Waals surface area contributed by atoms with E-state index in [1.165, 1.54) is 18.2 Å². The number of likely N-dealkylation sites (tertiary alicyclic amines) is 1. The predicted molar refractivity (Wildman–Crippen MR) is 97.6 cm³/mol. The molecule has 1 fully saturated rings. The number of alkyl halides is 3. The number of nitrogens with zero attached hydrogens (tertiary/aromatic N) is 2. The Morgan fingerprint density at radius 3 is 2.72 bits per heavy atom. The summed E-state index contributed by atoms with van der Waals surface area (Å²) in [5.74, 6) is -0.0311. The average molecular weight is 412 g/mol. The highest BCUT2D eigenvalue weighted by Crippen LogP contribution is 2.31. The number of hydrogen-bond donors (Lipinski definition) is 1. The number of carbonyl (C=O) groups excluding carboxylic acids is 1. The van der Waals surface area contributed by atoms with Gasteiger partial charge in [-0.1, -0.05) is 17.3 Å². The standard InChI is InChI=1S/C20H23F3N2O4/c1-19(2,27)17-10-16(29-24-17)13-6-5-9-25(11-13)18(26)14-7-3-4-8-15(14)28-12-20(21,22)23/h3-4,7-8,10,13,27H,5-6,9,11-12H2,1-2H3/t13-/m1/s1.